The third-order valence-corrected chi connectivity index (χ3v) is 9.92. The summed E-state index contributed by atoms with van der Waals surface area (Å²) in [6.45, 7) is 4.33. The Hall–Kier alpha value is -4.97. The number of anilines is 3. The third kappa shape index (κ3) is 5.68. The van der Waals surface area contributed by atoms with Crippen molar-refractivity contribution in [3.05, 3.63) is 115 Å². The van der Waals surface area contributed by atoms with E-state index >= 15 is 0 Å². The van der Waals surface area contributed by atoms with Gasteiger partial charge < -0.3 is 24.6 Å². The molecule has 2 aromatic heterocycles. The Labute approximate surface area is 263 Å². The molecule has 45 heavy (non-hydrogen) atoms. The number of hydrogen-bond acceptors (Lipinski definition) is 8. The number of nitrogens with zero attached hydrogens (tertiary/aromatic N) is 5. The summed E-state index contributed by atoms with van der Waals surface area (Å²) in [5.74, 6) is 0.160. The van der Waals surface area contributed by atoms with Gasteiger partial charge in [0.2, 0.25) is 0 Å². The molecule has 2 bridgehead atoms. The van der Waals surface area contributed by atoms with E-state index in [1.54, 1.807) is 30.3 Å². The number of nitrogens with one attached hydrogen (secondary N) is 1. The molecule has 1 N–H and O–H groups in total. The van der Waals surface area contributed by atoms with E-state index in [2.05, 4.69) is 15.1 Å². The van der Waals surface area contributed by atoms with Crippen LogP contribution in [0.5, 0.6) is 0 Å². The lowest BCUT2D eigenvalue weighted by Gasteiger charge is -2.44. The molecular formula is C33H32N6O5S. The average molecular weight is 625 g/mol. The highest BCUT2D eigenvalue weighted by Crippen LogP contribution is 2.39. The molecule has 3 aliphatic rings. The molecular weight excluding hydrogens is 592 g/mol. The van der Waals surface area contributed by atoms with Crippen LogP contribution in [0.25, 0.3) is 0 Å². The minimum atomic E-state index is -0.415. The monoisotopic (exact) mass is 624 g/mol. The summed E-state index contributed by atoms with van der Waals surface area (Å²) in [6.07, 6.45) is 1.01. The standard InChI is InChI=1S/C33H32N6O5S/c40-31-5-1-3-28-24-17-22(20-38(28)31)19-37(21-24)29-11-6-23(18-27(29)34-32(41)30-4-2-16-45-30)33(42)36-14-12-35(13-15-36)25-7-9-26(10-8-25)39(43)44/h1-11,16,18,22,24H,12-15,17,19-21H2,(H,34,41)/t22-,24+/m1/s1. The highest BCUT2D eigenvalue weighted by Gasteiger charge is 2.35. The van der Waals surface area contributed by atoms with Crippen LogP contribution in [0, 0.1) is 16.0 Å². The molecule has 230 valence electrons. The number of thiophene rings is 1. The van der Waals surface area contributed by atoms with Crippen LogP contribution in [0.4, 0.5) is 22.7 Å². The van der Waals surface area contributed by atoms with E-state index in [1.165, 1.54) is 23.5 Å². The van der Waals surface area contributed by atoms with Crippen molar-refractivity contribution in [2.45, 2.75) is 18.9 Å². The van der Waals surface area contributed by atoms with Crippen molar-refractivity contribution in [2.75, 3.05) is 54.4 Å². The van der Waals surface area contributed by atoms with Crippen molar-refractivity contribution in [1.29, 1.82) is 0 Å². The lowest BCUT2D eigenvalue weighted by molar-refractivity contribution is -0.384. The number of piperazine rings is 1. The Morgan fingerprint density at radius 3 is 2.42 bits per heavy atom. The van der Waals surface area contributed by atoms with Gasteiger partial charge in [-0.25, -0.2) is 0 Å². The van der Waals surface area contributed by atoms with Gasteiger partial charge in [-0.1, -0.05) is 12.1 Å². The maximum atomic E-state index is 13.7. The zero-order chi connectivity index (χ0) is 31.1. The predicted molar refractivity (Wildman–Crippen MR) is 174 cm³/mol. The quantitative estimate of drug-likeness (QED) is 0.245. The molecule has 0 spiro atoms. The first-order valence-electron chi connectivity index (χ1n) is 15.1. The van der Waals surface area contributed by atoms with Crippen LogP contribution in [-0.4, -0.2) is 65.5 Å². The van der Waals surface area contributed by atoms with Gasteiger partial charge in [0.1, 0.15) is 0 Å². The van der Waals surface area contributed by atoms with Crippen LogP contribution in [0.1, 0.15) is 38.1 Å². The van der Waals surface area contributed by atoms with E-state index in [1.807, 2.05) is 45.2 Å². The highest BCUT2D eigenvalue weighted by molar-refractivity contribution is 7.12. The predicted octanol–water partition coefficient (Wildman–Crippen LogP) is 4.66. The normalized spacial score (nSPS) is 19.2. The smallest absolute Gasteiger partial charge is 0.269 e. The van der Waals surface area contributed by atoms with Crippen molar-refractivity contribution in [2.24, 2.45) is 5.92 Å². The van der Waals surface area contributed by atoms with E-state index in [4.69, 9.17) is 0 Å². The molecule has 5 heterocycles. The number of piperidine rings is 1. The number of non-ortho nitro benzene ring substituents is 1. The molecule has 0 unspecified atom stereocenters. The van der Waals surface area contributed by atoms with Gasteiger partial charge >= 0.3 is 0 Å². The Bertz CT molecular complexity index is 1810. The van der Waals surface area contributed by atoms with Crippen LogP contribution in [0.3, 0.4) is 0 Å². The number of pyridine rings is 1. The number of carbonyl (C=O) groups is 2. The maximum absolute atomic E-state index is 13.7. The Morgan fingerprint density at radius 2 is 1.69 bits per heavy atom. The van der Waals surface area contributed by atoms with Gasteiger partial charge in [-0.3, -0.25) is 24.5 Å². The van der Waals surface area contributed by atoms with Crippen molar-refractivity contribution in [1.82, 2.24) is 9.47 Å². The van der Waals surface area contributed by atoms with Gasteiger partial charge in [0.25, 0.3) is 23.1 Å². The van der Waals surface area contributed by atoms with Gasteiger partial charge in [-0.05, 0) is 60.2 Å². The Balaban J connectivity index is 1.12. The number of benzene rings is 2. The zero-order valence-electron chi connectivity index (χ0n) is 24.5. The molecule has 7 rings (SSSR count). The molecule has 2 fully saturated rings. The highest BCUT2D eigenvalue weighted by atomic mass is 32.1. The van der Waals surface area contributed by atoms with E-state index in [9.17, 15) is 24.5 Å². The van der Waals surface area contributed by atoms with Gasteiger partial charge in [-0.15, -0.1) is 11.3 Å². The first-order valence-corrected chi connectivity index (χ1v) is 15.9. The lowest BCUT2D eigenvalue weighted by atomic mass is 9.83. The van der Waals surface area contributed by atoms with Crippen LogP contribution in [-0.2, 0) is 6.54 Å². The van der Waals surface area contributed by atoms with Crippen molar-refractivity contribution >= 4 is 45.9 Å². The van der Waals surface area contributed by atoms with Gasteiger partial charge in [0, 0.05) is 86.9 Å². The van der Waals surface area contributed by atoms with Crippen LogP contribution < -0.4 is 20.7 Å². The van der Waals surface area contributed by atoms with Gasteiger partial charge in [0.15, 0.2) is 0 Å². The summed E-state index contributed by atoms with van der Waals surface area (Å²) in [5.41, 5.74) is 3.97. The molecule has 2 saturated heterocycles. The molecule has 0 aliphatic carbocycles. The first-order chi connectivity index (χ1) is 21.8. The van der Waals surface area contributed by atoms with E-state index in [0.29, 0.717) is 61.3 Å². The fourth-order valence-electron chi connectivity index (χ4n) is 6.87. The maximum Gasteiger partial charge on any atom is 0.269 e. The van der Waals surface area contributed by atoms with Crippen LogP contribution >= 0.6 is 11.3 Å². The number of hydrogen-bond donors (Lipinski definition) is 1. The summed E-state index contributed by atoms with van der Waals surface area (Å²) in [7, 11) is 0. The van der Waals surface area contributed by atoms with E-state index in [-0.39, 0.29) is 29.0 Å². The molecule has 0 radical (unpaired) electrons. The Morgan fingerprint density at radius 1 is 0.889 bits per heavy atom. The second-order valence-electron chi connectivity index (χ2n) is 11.8. The van der Waals surface area contributed by atoms with Crippen LogP contribution in [0.15, 0.2) is 83.0 Å². The van der Waals surface area contributed by atoms with Crippen molar-refractivity contribution < 1.29 is 14.5 Å². The third-order valence-electron chi connectivity index (χ3n) is 9.05. The van der Waals surface area contributed by atoms with E-state index in [0.717, 1.165) is 30.0 Å². The average Bonchev–Trinajstić information content (AvgIpc) is 3.61. The summed E-state index contributed by atoms with van der Waals surface area (Å²) in [5, 5.41) is 16.0. The number of rotatable bonds is 6. The van der Waals surface area contributed by atoms with Gasteiger partial charge in [0.05, 0.1) is 21.2 Å². The fourth-order valence-corrected chi connectivity index (χ4v) is 7.48. The molecule has 2 amide bonds. The minimum Gasteiger partial charge on any atom is -0.369 e. The SMILES string of the molecule is O=C(Nc1cc(C(=O)N2CCN(c3ccc([N+](=O)[O-])cc3)CC2)ccc1N1C[C@H]2C[C@@H](C1)c1cccc(=O)n1C2)c1cccs1. The summed E-state index contributed by atoms with van der Waals surface area (Å²) in [4.78, 5) is 56.9. The summed E-state index contributed by atoms with van der Waals surface area (Å²) in [6, 6.07) is 21.1. The number of amides is 2. The molecule has 3 aliphatic heterocycles. The van der Waals surface area contributed by atoms with Crippen molar-refractivity contribution in [3.63, 3.8) is 0 Å². The van der Waals surface area contributed by atoms with Crippen LogP contribution in [0.2, 0.25) is 0 Å². The zero-order valence-corrected chi connectivity index (χ0v) is 25.3. The molecule has 2 aromatic carbocycles. The topological polar surface area (TPSA) is 121 Å². The molecule has 0 saturated carbocycles. The van der Waals surface area contributed by atoms with Gasteiger partial charge in [-0.2, -0.15) is 0 Å². The lowest BCUT2D eigenvalue weighted by Crippen LogP contribution is -2.49. The number of fused-ring (bicyclic) bond motifs is 4. The summed E-state index contributed by atoms with van der Waals surface area (Å²) < 4.78 is 1.90. The second kappa shape index (κ2) is 11.8. The molecule has 4 aromatic rings. The second-order valence-corrected chi connectivity index (χ2v) is 12.8. The minimum absolute atomic E-state index is 0.0380. The Kier molecular flexibility index (Phi) is 7.58. The number of carbonyl (C=O) groups excluding carboxylic acids is 2. The van der Waals surface area contributed by atoms with E-state index < -0.39 is 4.92 Å². The number of nitro groups is 1. The largest absolute Gasteiger partial charge is 0.369 e. The number of nitro benzene ring substituents is 1. The summed E-state index contributed by atoms with van der Waals surface area (Å²) >= 11 is 1.36. The first kappa shape index (κ1) is 28.8. The van der Waals surface area contributed by atoms with Crippen molar-refractivity contribution in [3.8, 4) is 0 Å². The molecule has 11 nitrogen and oxygen atoms in total. The number of aromatic nitrogens is 1. The fraction of sp³-hybridized carbons (Fsp3) is 0.303. The molecule has 12 heteroatoms. The molecule has 2 atom stereocenters.